The molecule has 0 saturated heterocycles. The SMILES string of the molecule is CCc1nc2cc(-c3ccc(OCC4CC4)nc3)ccc2o1. The van der Waals surface area contributed by atoms with Crippen LogP contribution in [0.3, 0.4) is 0 Å². The van der Waals surface area contributed by atoms with Crippen LogP contribution in [0.15, 0.2) is 40.9 Å². The van der Waals surface area contributed by atoms with Crippen LogP contribution in [0.4, 0.5) is 0 Å². The molecule has 4 rings (SSSR count). The van der Waals surface area contributed by atoms with Crippen LogP contribution in [-0.4, -0.2) is 16.6 Å². The van der Waals surface area contributed by atoms with Gasteiger partial charge >= 0.3 is 0 Å². The van der Waals surface area contributed by atoms with Crippen molar-refractivity contribution in [1.29, 1.82) is 0 Å². The summed E-state index contributed by atoms with van der Waals surface area (Å²) in [5, 5.41) is 0. The van der Waals surface area contributed by atoms with Gasteiger partial charge < -0.3 is 9.15 Å². The van der Waals surface area contributed by atoms with Crippen LogP contribution in [0.1, 0.15) is 25.7 Å². The molecular formula is C18H18N2O2. The number of nitrogens with zero attached hydrogens (tertiary/aromatic N) is 2. The number of ether oxygens (including phenoxy) is 1. The normalized spacial score (nSPS) is 14.4. The predicted molar refractivity (Wildman–Crippen MR) is 84.8 cm³/mol. The molecular weight excluding hydrogens is 276 g/mol. The fourth-order valence-electron chi connectivity index (χ4n) is 2.43. The van der Waals surface area contributed by atoms with Gasteiger partial charge in [-0.25, -0.2) is 9.97 Å². The minimum absolute atomic E-state index is 0.700. The van der Waals surface area contributed by atoms with Gasteiger partial charge in [0.1, 0.15) is 5.52 Å². The van der Waals surface area contributed by atoms with Crippen LogP contribution >= 0.6 is 0 Å². The van der Waals surface area contributed by atoms with Crippen molar-refractivity contribution in [2.75, 3.05) is 6.61 Å². The summed E-state index contributed by atoms with van der Waals surface area (Å²) in [6, 6.07) is 10.0. The van der Waals surface area contributed by atoms with Gasteiger partial charge in [0.25, 0.3) is 0 Å². The van der Waals surface area contributed by atoms with E-state index < -0.39 is 0 Å². The first-order chi connectivity index (χ1) is 10.8. The van der Waals surface area contributed by atoms with Gasteiger partial charge in [-0.05, 0) is 42.5 Å². The van der Waals surface area contributed by atoms with Gasteiger partial charge in [-0.1, -0.05) is 13.0 Å². The van der Waals surface area contributed by atoms with Crippen LogP contribution < -0.4 is 4.74 Å². The van der Waals surface area contributed by atoms with Crippen molar-refractivity contribution in [2.24, 2.45) is 5.92 Å². The smallest absolute Gasteiger partial charge is 0.213 e. The highest BCUT2D eigenvalue weighted by Gasteiger charge is 2.22. The standard InChI is InChI=1S/C18H18N2O2/c1-2-17-20-15-9-13(5-7-16(15)22-17)14-6-8-18(19-10-14)21-11-12-3-4-12/h5-10,12H,2-4,11H2,1H3. The monoisotopic (exact) mass is 294 g/mol. The summed E-state index contributed by atoms with van der Waals surface area (Å²) in [4.78, 5) is 8.87. The van der Waals surface area contributed by atoms with E-state index in [1.54, 1.807) is 0 Å². The minimum Gasteiger partial charge on any atom is -0.477 e. The molecule has 0 atom stereocenters. The Balaban J connectivity index is 1.57. The molecule has 3 aromatic rings. The molecule has 112 valence electrons. The number of rotatable bonds is 5. The molecule has 1 fully saturated rings. The largest absolute Gasteiger partial charge is 0.477 e. The summed E-state index contributed by atoms with van der Waals surface area (Å²) in [5.41, 5.74) is 3.87. The molecule has 2 heterocycles. The topological polar surface area (TPSA) is 48.2 Å². The predicted octanol–water partition coefficient (Wildman–Crippen LogP) is 4.24. The van der Waals surface area contributed by atoms with Crippen molar-refractivity contribution in [3.63, 3.8) is 0 Å². The molecule has 1 saturated carbocycles. The summed E-state index contributed by atoms with van der Waals surface area (Å²) in [6.45, 7) is 2.83. The van der Waals surface area contributed by atoms with Crippen LogP contribution in [0, 0.1) is 5.92 Å². The number of oxazole rings is 1. The molecule has 1 aromatic carbocycles. The Hall–Kier alpha value is -2.36. The van der Waals surface area contributed by atoms with E-state index in [0.717, 1.165) is 47.1 Å². The van der Waals surface area contributed by atoms with Gasteiger partial charge in [0, 0.05) is 24.2 Å². The zero-order valence-electron chi connectivity index (χ0n) is 12.6. The number of benzene rings is 1. The molecule has 0 spiro atoms. The molecule has 1 aliphatic rings. The molecule has 4 heteroatoms. The number of hydrogen-bond donors (Lipinski definition) is 0. The van der Waals surface area contributed by atoms with Crippen LogP contribution in [-0.2, 0) is 6.42 Å². The van der Waals surface area contributed by atoms with E-state index in [4.69, 9.17) is 9.15 Å². The molecule has 0 aliphatic heterocycles. The maximum absolute atomic E-state index is 5.67. The average Bonchev–Trinajstić information content (AvgIpc) is 3.30. The average molecular weight is 294 g/mol. The second-order valence-corrected chi connectivity index (χ2v) is 5.78. The van der Waals surface area contributed by atoms with Crippen molar-refractivity contribution in [3.05, 3.63) is 42.4 Å². The molecule has 2 aromatic heterocycles. The number of fused-ring (bicyclic) bond motifs is 1. The molecule has 0 amide bonds. The van der Waals surface area contributed by atoms with E-state index in [1.807, 2.05) is 43.5 Å². The van der Waals surface area contributed by atoms with E-state index in [9.17, 15) is 0 Å². The Bertz CT molecular complexity index is 788. The maximum atomic E-state index is 5.67. The number of aromatic nitrogens is 2. The molecule has 4 nitrogen and oxygen atoms in total. The summed E-state index contributed by atoms with van der Waals surface area (Å²) < 4.78 is 11.3. The molecule has 0 radical (unpaired) electrons. The lowest BCUT2D eigenvalue weighted by Gasteiger charge is -2.05. The van der Waals surface area contributed by atoms with E-state index >= 15 is 0 Å². The zero-order chi connectivity index (χ0) is 14.9. The first kappa shape index (κ1) is 13.3. The van der Waals surface area contributed by atoms with Crippen LogP contribution in [0.5, 0.6) is 5.88 Å². The maximum Gasteiger partial charge on any atom is 0.213 e. The van der Waals surface area contributed by atoms with E-state index in [2.05, 4.69) is 9.97 Å². The third-order valence-corrected chi connectivity index (χ3v) is 3.97. The Kier molecular flexibility index (Phi) is 3.29. The van der Waals surface area contributed by atoms with E-state index in [1.165, 1.54) is 12.8 Å². The van der Waals surface area contributed by atoms with Crippen LogP contribution in [0.2, 0.25) is 0 Å². The first-order valence-corrected chi connectivity index (χ1v) is 7.80. The molecule has 0 N–H and O–H groups in total. The number of aryl methyl sites for hydroxylation is 1. The molecule has 1 aliphatic carbocycles. The minimum atomic E-state index is 0.700. The summed E-state index contributed by atoms with van der Waals surface area (Å²) >= 11 is 0. The van der Waals surface area contributed by atoms with Gasteiger partial charge in [-0.15, -0.1) is 0 Å². The lowest BCUT2D eigenvalue weighted by molar-refractivity contribution is 0.288. The lowest BCUT2D eigenvalue weighted by atomic mass is 10.1. The molecule has 22 heavy (non-hydrogen) atoms. The van der Waals surface area contributed by atoms with Crippen molar-refractivity contribution in [1.82, 2.24) is 9.97 Å². The van der Waals surface area contributed by atoms with Crippen molar-refractivity contribution >= 4 is 11.1 Å². The fraction of sp³-hybridized carbons (Fsp3) is 0.333. The Morgan fingerprint density at radius 1 is 1.18 bits per heavy atom. The summed E-state index contributed by atoms with van der Waals surface area (Å²) in [7, 11) is 0. The highest BCUT2D eigenvalue weighted by Crippen LogP contribution is 2.30. The Morgan fingerprint density at radius 2 is 2.05 bits per heavy atom. The third kappa shape index (κ3) is 2.69. The van der Waals surface area contributed by atoms with Gasteiger partial charge in [0.05, 0.1) is 6.61 Å². The van der Waals surface area contributed by atoms with Gasteiger partial charge in [-0.2, -0.15) is 0 Å². The zero-order valence-corrected chi connectivity index (χ0v) is 12.6. The molecule has 0 unspecified atom stereocenters. The van der Waals surface area contributed by atoms with Gasteiger partial charge in [0.15, 0.2) is 11.5 Å². The summed E-state index contributed by atoms with van der Waals surface area (Å²) in [6.07, 6.45) is 5.23. The second kappa shape index (κ2) is 5.44. The van der Waals surface area contributed by atoms with Crippen LogP contribution in [0.25, 0.3) is 22.2 Å². The molecule has 0 bridgehead atoms. The quantitative estimate of drug-likeness (QED) is 0.706. The van der Waals surface area contributed by atoms with Crippen molar-refractivity contribution < 1.29 is 9.15 Å². The number of hydrogen-bond acceptors (Lipinski definition) is 4. The number of pyridine rings is 1. The third-order valence-electron chi connectivity index (χ3n) is 3.97. The van der Waals surface area contributed by atoms with E-state index in [-0.39, 0.29) is 0 Å². The van der Waals surface area contributed by atoms with E-state index in [0.29, 0.717) is 5.88 Å². The fourth-order valence-corrected chi connectivity index (χ4v) is 2.43. The Morgan fingerprint density at radius 3 is 2.77 bits per heavy atom. The highest BCUT2D eigenvalue weighted by atomic mass is 16.5. The Labute approximate surface area is 129 Å². The second-order valence-electron chi connectivity index (χ2n) is 5.78. The summed E-state index contributed by atoms with van der Waals surface area (Å²) in [5.74, 6) is 2.21. The highest BCUT2D eigenvalue weighted by molar-refractivity contribution is 5.80. The van der Waals surface area contributed by atoms with Gasteiger partial charge in [-0.3, -0.25) is 0 Å². The van der Waals surface area contributed by atoms with Gasteiger partial charge in [0.2, 0.25) is 5.88 Å². The first-order valence-electron chi connectivity index (χ1n) is 7.80. The van der Waals surface area contributed by atoms with Crippen molar-refractivity contribution in [2.45, 2.75) is 26.2 Å². The van der Waals surface area contributed by atoms with Crippen molar-refractivity contribution in [3.8, 4) is 17.0 Å². The lowest BCUT2D eigenvalue weighted by Crippen LogP contribution is -2.00.